The lowest BCUT2D eigenvalue weighted by atomic mass is 10.1. The van der Waals surface area contributed by atoms with E-state index in [1.165, 1.54) is 16.9 Å². The predicted molar refractivity (Wildman–Crippen MR) is 133 cm³/mol. The number of benzene rings is 1. The number of furan rings is 1. The van der Waals surface area contributed by atoms with Gasteiger partial charge in [0.1, 0.15) is 11.6 Å². The monoisotopic (exact) mass is 499 g/mol. The van der Waals surface area contributed by atoms with Crippen LogP contribution in [0, 0.1) is 5.82 Å². The van der Waals surface area contributed by atoms with E-state index in [2.05, 4.69) is 4.90 Å². The molecule has 3 aromatic heterocycles. The first kappa shape index (κ1) is 23.4. The lowest BCUT2D eigenvalue weighted by Crippen LogP contribution is -2.41. The van der Waals surface area contributed by atoms with Crippen LogP contribution >= 0.6 is 11.6 Å². The minimum atomic E-state index is -0.499. The highest BCUT2D eigenvalue weighted by Gasteiger charge is 2.27. The smallest absolute Gasteiger partial charge is 0.333 e. The molecule has 0 bridgehead atoms. The zero-order valence-corrected chi connectivity index (χ0v) is 20.5. The zero-order chi connectivity index (χ0) is 24.7. The molecule has 1 aromatic carbocycles. The van der Waals surface area contributed by atoms with E-state index in [-0.39, 0.29) is 35.2 Å². The normalized spacial score (nSPS) is 14.4. The molecule has 5 rings (SSSR count). The van der Waals surface area contributed by atoms with Gasteiger partial charge in [0.15, 0.2) is 11.2 Å². The Balaban J connectivity index is 1.81. The van der Waals surface area contributed by atoms with Gasteiger partial charge in [0.2, 0.25) is 5.95 Å². The van der Waals surface area contributed by atoms with Crippen LogP contribution < -0.4 is 16.1 Å². The summed E-state index contributed by atoms with van der Waals surface area (Å²) in [6, 6.07) is 7.68. The fourth-order valence-corrected chi connectivity index (χ4v) is 4.96. The molecule has 1 saturated heterocycles. The van der Waals surface area contributed by atoms with Gasteiger partial charge in [0, 0.05) is 29.7 Å². The van der Waals surface area contributed by atoms with E-state index in [4.69, 9.17) is 21.0 Å². The Morgan fingerprint density at radius 2 is 1.83 bits per heavy atom. The maximum Gasteiger partial charge on any atom is 0.333 e. The second kappa shape index (κ2) is 9.37. The number of hydrogen-bond acceptors (Lipinski definition) is 5. The Labute approximate surface area is 206 Å². The third-order valence-electron chi connectivity index (χ3n) is 6.47. The Bertz CT molecular complexity index is 1460. The standard InChI is InChI=1S/C25H27ClFN5O3/c1-16(2)32-22-21(23(33)31(25(32)34)14-17-8-7-13-35-17)30(15-18-19(26)9-6-10-20(18)27)24(28-22)29-11-4-3-5-12-29/h6-10,13,16H,3-5,11-12,14-15H2,1-2H3. The van der Waals surface area contributed by atoms with Crippen molar-refractivity contribution in [3.8, 4) is 0 Å². The summed E-state index contributed by atoms with van der Waals surface area (Å²) in [6.45, 7) is 5.27. The summed E-state index contributed by atoms with van der Waals surface area (Å²) in [6.07, 6.45) is 4.59. The molecule has 0 unspecified atom stereocenters. The van der Waals surface area contributed by atoms with Gasteiger partial charge in [-0.3, -0.25) is 18.5 Å². The van der Waals surface area contributed by atoms with E-state index in [0.717, 1.165) is 36.9 Å². The third-order valence-corrected chi connectivity index (χ3v) is 6.82. The highest BCUT2D eigenvalue weighted by Crippen LogP contribution is 2.28. The van der Waals surface area contributed by atoms with Gasteiger partial charge in [-0.25, -0.2) is 9.18 Å². The molecule has 0 atom stereocenters. The fourth-order valence-electron chi connectivity index (χ4n) is 4.73. The van der Waals surface area contributed by atoms with Crippen LogP contribution in [-0.4, -0.2) is 31.8 Å². The number of nitrogens with zero attached hydrogens (tertiary/aromatic N) is 5. The van der Waals surface area contributed by atoms with Crippen LogP contribution in [0.1, 0.15) is 50.5 Å². The van der Waals surface area contributed by atoms with Crippen molar-refractivity contribution >= 4 is 28.7 Å². The largest absolute Gasteiger partial charge is 0.467 e. The molecule has 0 spiro atoms. The highest BCUT2D eigenvalue weighted by molar-refractivity contribution is 6.31. The second-order valence-corrected chi connectivity index (χ2v) is 9.54. The Kier molecular flexibility index (Phi) is 6.27. The van der Waals surface area contributed by atoms with E-state index < -0.39 is 17.1 Å². The van der Waals surface area contributed by atoms with Crippen molar-refractivity contribution < 1.29 is 8.81 Å². The number of halogens is 2. The van der Waals surface area contributed by atoms with Crippen molar-refractivity contribution in [1.82, 2.24) is 18.7 Å². The van der Waals surface area contributed by atoms with Gasteiger partial charge >= 0.3 is 5.69 Å². The number of anilines is 1. The van der Waals surface area contributed by atoms with Crippen molar-refractivity contribution in [2.24, 2.45) is 0 Å². The summed E-state index contributed by atoms with van der Waals surface area (Å²) >= 11 is 6.37. The molecular weight excluding hydrogens is 473 g/mol. The van der Waals surface area contributed by atoms with Crippen molar-refractivity contribution in [2.45, 2.75) is 52.2 Å². The average Bonchev–Trinajstić information content (AvgIpc) is 3.48. The quantitative estimate of drug-likeness (QED) is 0.392. The molecule has 0 saturated carbocycles. The molecule has 10 heteroatoms. The van der Waals surface area contributed by atoms with E-state index in [0.29, 0.717) is 17.4 Å². The minimum Gasteiger partial charge on any atom is -0.467 e. The summed E-state index contributed by atoms with van der Waals surface area (Å²) in [5.41, 5.74) is -0.163. The Morgan fingerprint density at radius 1 is 1.06 bits per heavy atom. The molecular formula is C25H27ClFN5O3. The van der Waals surface area contributed by atoms with Crippen LogP contribution in [0.3, 0.4) is 0 Å². The summed E-state index contributed by atoms with van der Waals surface area (Å²) < 4.78 is 24.6. The van der Waals surface area contributed by atoms with Crippen LogP contribution in [0.15, 0.2) is 50.6 Å². The molecule has 4 aromatic rings. The van der Waals surface area contributed by atoms with Gasteiger partial charge in [-0.05, 0) is 57.4 Å². The Hall–Kier alpha value is -3.33. The maximum absolute atomic E-state index is 14.8. The molecule has 0 aliphatic carbocycles. The summed E-state index contributed by atoms with van der Waals surface area (Å²) in [5, 5.41) is 0.268. The van der Waals surface area contributed by atoms with Crippen molar-refractivity contribution in [1.29, 1.82) is 0 Å². The molecule has 8 nitrogen and oxygen atoms in total. The first-order chi connectivity index (χ1) is 16.9. The van der Waals surface area contributed by atoms with Gasteiger partial charge in [0.25, 0.3) is 5.56 Å². The molecule has 4 heterocycles. The van der Waals surface area contributed by atoms with E-state index >= 15 is 0 Å². The number of imidazole rings is 1. The summed E-state index contributed by atoms with van der Waals surface area (Å²) in [4.78, 5) is 34.2. The van der Waals surface area contributed by atoms with Crippen LogP contribution in [0.2, 0.25) is 5.02 Å². The molecule has 1 fully saturated rings. The number of aromatic nitrogens is 4. The van der Waals surface area contributed by atoms with Crippen molar-refractivity contribution in [3.05, 3.63) is 79.6 Å². The van der Waals surface area contributed by atoms with Crippen LogP contribution in [0.5, 0.6) is 0 Å². The lowest BCUT2D eigenvalue weighted by molar-refractivity contribution is 0.468. The van der Waals surface area contributed by atoms with Gasteiger partial charge in [-0.2, -0.15) is 4.98 Å². The maximum atomic E-state index is 14.8. The SMILES string of the molecule is CC(C)n1c(=O)n(Cc2ccco2)c(=O)c2c1nc(N1CCCCC1)n2Cc1c(F)cccc1Cl. The second-order valence-electron chi connectivity index (χ2n) is 9.14. The first-order valence-corrected chi connectivity index (χ1v) is 12.2. The number of rotatable bonds is 6. The number of piperidine rings is 1. The van der Waals surface area contributed by atoms with Crippen molar-refractivity contribution in [3.63, 3.8) is 0 Å². The molecule has 35 heavy (non-hydrogen) atoms. The van der Waals surface area contributed by atoms with Gasteiger partial charge in [-0.1, -0.05) is 17.7 Å². The van der Waals surface area contributed by atoms with Gasteiger partial charge < -0.3 is 9.32 Å². The Morgan fingerprint density at radius 3 is 2.49 bits per heavy atom. The first-order valence-electron chi connectivity index (χ1n) is 11.8. The van der Waals surface area contributed by atoms with Crippen molar-refractivity contribution in [2.75, 3.05) is 18.0 Å². The summed E-state index contributed by atoms with van der Waals surface area (Å²) in [7, 11) is 0. The molecule has 1 aliphatic rings. The van der Waals surface area contributed by atoms with Crippen LogP contribution in [-0.2, 0) is 13.1 Å². The van der Waals surface area contributed by atoms with E-state index in [9.17, 15) is 14.0 Å². The topological polar surface area (TPSA) is 78.2 Å². The van der Waals surface area contributed by atoms with E-state index in [1.54, 1.807) is 28.8 Å². The fraction of sp³-hybridized carbons (Fsp3) is 0.400. The number of fused-ring (bicyclic) bond motifs is 1. The summed E-state index contributed by atoms with van der Waals surface area (Å²) in [5.74, 6) is 0.566. The van der Waals surface area contributed by atoms with Crippen LogP contribution in [0.4, 0.5) is 10.3 Å². The minimum absolute atomic E-state index is 0.0140. The lowest BCUT2D eigenvalue weighted by Gasteiger charge is -2.28. The molecule has 0 radical (unpaired) electrons. The number of hydrogen-bond donors (Lipinski definition) is 0. The highest BCUT2D eigenvalue weighted by atomic mass is 35.5. The average molecular weight is 500 g/mol. The third kappa shape index (κ3) is 4.18. The molecule has 0 amide bonds. The molecule has 0 N–H and O–H groups in total. The molecule has 184 valence electrons. The van der Waals surface area contributed by atoms with E-state index in [1.807, 2.05) is 13.8 Å². The van der Waals surface area contributed by atoms with Gasteiger partial charge in [0.05, 0.1) is 19.4 Å². The van der Waals surface area contributed by atoms with Crippen LogP contribution in [0.25, 0.3) is 11.2 Å². The van der Waals surface area contributed by atoms with Gasteiger partial charge in [-0.15, -0.1) is 0 Å². The molecule has 1 aliphatic heterocycles. The zero-order valence-electron chi connectivity index (χ0n) is 19.7. The predicted octanol–water partition coefficient (Wildman–Crippen LogP) is 4.41.